The van der Waals surface area contributed by atoms with Crippen molar-refractivity contribution in [3.63, 3.8) is 0 Å². The van der Waals surface area contributed by atoms with Crippen molar-refractivity contribution in [3.05, 3.63) is 52.5 Å². The van der Waals surface area contributed by atoms with Gasteiger partial charge in [0, 0.05) is 18.3 Å². The van der Waals surface area contributed by atoms with Crippen molar-refractivity contribution in [1.82, 2.24) is 4.72 Å². The fourth-order valence-corrected chi connectivity index (χ4v) is 3.62. The summed E-state index contributed by atoms with van der Waals surface area (Å²) in [6.07, 6.45) is -1.18. The fourth-order valence-electron chi connectivity index (χ4n) is 2.26. The van der Waals surface area contributed by atoms with E-state index in [4.69, 9.17) is 27.9 Å². The smallest absolute Gasteiger partial charge is 0.321 e. The van der Waals surface area contributed by atoms with Crippen molar-refractivity contribution in [2.24, 2.45) is 0 Å². The molecule has 3 N–H and O–H groups in total. The van der Waals surface area contributed by atoms with Crippen LogP contribution in [0, 0.1) is 0 Å². The van der Waals surface area contributed by atoms with Crippen LogP contribution in [0.4, 0.5) is 11.4 Å². The van der Waals surface area contributed by atoms with Crippen LogP contribution < -0.4 is 15.4 Å². The number of halogens is 2. The van der Waals surface area contributed by atoms with Gasteiger partial charge >= 0.3 is 5.97 Å². The number of carbonyl (C=O) groups is 3. The molecule has 12 heteroatoms. The van der Waals surface area contributed by atoms with Gasteiger partial charge in [-0.2, -0.15) is 4.72 Å². The summed E-state index contributed by atoms with van der Waals surface area (Å²) in [4.78, 5) is 35.0. The number of carbonyl (C=O) groups excluding carboxylic acids is 3. The third kappa shape index (κ3) is 7.51. The number of benzene rings is 2. The Morgan fingerprint density at radius 2 is 1.55 bits per heavy atom. The molecule has 0 aliphatic carbocycles. The Bertz CT molecular complexity index is 1090. The number of esters is 1. The lowest BCUT2D eigenvalue weighted by Gasteiger charge is -2.14. The van der Waals surface area contributed by atoms with Gasteiger partial charge in [-0.05, 0) is 49.4 Å². The SMILES string of the molecule is CC(=O)Nc1ccc(NC(=O)C(C)OC(=O)CNS(=O)(=O)c2ccc(Cl)c(Cl)c2)cc1. The van der Waals surface area contributed by atoms with Crippen LogP contribution in [0.1, 0.15) is 13.8 Å². The Morgan fingerprint density at radius 3 is 2.10 bits per heavy atom. The molecule has 2 aromatic carbocycles. The van der Waals surface area contributed by atoms with Crippen LogP contribution in [0.5, 0.6) is 0 Å². The van der Waals surface area contributed by atoms with Gasteiger partial charge in [-0.3, -0.25) is 14.4 Å². The number of hydrogen-bond acceptors (Lipinski definition) is 6. The number of ether oxygens (including phenoxy) is 1. The Hall–Kier alpha value is -2.66. The summed E-state index contributed by atoms with van der Waals surface area (Å²) < 4.78 is 31.5. The maximum absolute atomic E-state index is 12.2. The molecule has 9 nitrogen and oxygen atoms in total. The summed E-state index contributed by atoms with van der Waals surface area (Å²) in [7, 11) is -4.04. The van der Waals surface area contributed by atoms with Gasteiger partial charge in [-0.1, -0.05) is 23.2 Å². The first kappa shape index (κ1) is 24.6. The molecule has 31 heavy (non-hydrogen) atoms. The van der Waals surface area contributed by atoms with E-state index in [1.54, 1.807) is 24.3 Å². The first-order chi connectivity index (χ1) is 14.5. The van der Waals surface area contributed by atoms with E-state index in [1.165, 1.54) is 26.0 Å². The molecule has 0 aliphatic rings. The topological polar surface area (TPSA) is 131 Å². The molecular formula is C19H19Cl2N3O6S. The zero-order chi connectivity index (χ0) is 23.2. The van der Waals surface area contributed by atoms with Gasteiger partial charge in [0.05, 0.1) is 14.9 Å². The Labute approximate surface area is 189 Å². The van der Waals surface area contributed by atoms with Gasteiger partial charge in [0.2, 0.25) is 15.9 Å². The monoisotopic (exact) mass is 487 g/mol. The molecule has 2 aromatic rings. The predicted molar refractivity (Wildman–Crippen MR) is 117 cm³/mol. The van der Waals surface area contributed by atoms with E-state index >= 15 is 0 Å². The van der Waals surface area contributed by atoms with Crippen LogP contribution in [0.3, 0.4) is 0 Å². The lowest BCUT2D eigenvalue weighted by molar-refractivity contribution is -0.151. The van der Waals surface area contributed by atoms with Gasteiger partial charge in [0.15, 0.2) is 6.10 Å². The Balaban J connectivity index is 1.87. The molecule has 0 aromatic heterocycles. The minimum Gasteiger partial charge on any atom is -0.452 e. The standard InChI is InChI=1S/C19H19Cl2N3O6S/c1-11(19(27)24-14-5-3-13(4-6-14)23-12(2)25)30-18(26)10-22-31(28,29)15-7-8-16(20)17(21)9-15/h3-9,11,22H,10H2,1-2H3,(H,23,25)(H,24,27). The minimum absolute atomic E-state index is 0.0440. The first-order valence-corrected chi connectivity index (χ1v) is 11.0. The van der Waals surface area contributed by atoms with Crippen LogP contribution >= 0.6 is 23.2 Å². The van der Waals surface area contributed by atoms with Gasteiger partial charge in [-0.15, -0.1) is 0 Å². The van der Waals surface area contributed by atoms with E-state index in [1.807, 2.05) is 0 Å². The molecule has 1 unspecified atom stereocenters. The van der Waals surface area contributed by atoms with Gasteiger partial charge in [-0.25, -0.2) is 8.42 Å². The molecule has 0 saturated carbocycles. The van der Waals surface area contributed by atoms with E-state index < -0.39 is 34.5 Å². The predicted octanol–water partition coefficient (Wildman–Crippen LogP) is 2.80. The Morgan fingerprint density at radius 1 is 0.968 bits per heavy atom. The summed E-state index contributed by atoms with van der Waals surface area (Å²) in [5.41, 5.74) is 0.974. The van der Waals surface area contributed by atoms with Crippen molar-refractivity contribution < 1.29 is 27.5 Å². The van der Waals surface area contributed by atoms with Gasteiger partial charge in [0.25, 0.3) is 5.91 Å². The van der Waals surface area contributed by atoms with E-state index in [0.29, 0.717) is 11.4 Å². The highest BCUT2D eigenvalue weighted by Gasteiger charge is 2.21. The number of rotatable bonds is 8. The van der Waals surface area contributed by atoms with E-state index in [9.17, 15) is 22.8 Å². The summed E-state index contributed by atoms with van der Waals surface area (Å²) >= 11 is 11.6. The lowest BCUT2D eigenvalue weighted by Crippen LogP contribution is -2.35. The number of anilines is 2. The van der Waals surface area contributed by atoms with Crippen LogP contribution in [0.2, 0.25) is 10.0 Å². The second-order valence-electron chi connectivity index (χ2n) is 6.28. The first-order valence-electron chi connectivity index (χ1n) is 8.80. The van der Waals surface area contributed by atoms with E-state index in [0.717, 1.165) is 6.07 Å². The number of hydrogen-bond donors (Lipinski definition) is 3. The normalized spacial score (nSPS) is 12.0. The zero-order valence-corrected chi connectivity index (χ0v) is 18.8. The molecule has 2 amide bonds. The quantitative estimate of drug-likeness (QED) is 0.490. The molecule has 166 valence electrons. The molecule has 0 radical (unpaired) electrons. The maximum Gasteiger partial charge on any atom is 0.321 e. The van der Waals surface area contributed by atoms with Crippen molar-refractivity contribution in [3.8, 4) is 0 Å². The number of sulfonamides is 1. The fraction of sp³-hybridized carbons (Fsp3) is 0.211. The molecular weight excluding hydrogens is 469 g/mol. The highest BCUT2D eigenvalue weighted by Crippen LogP contribution is 2.24. The third-order valence-electron chi connectivity index (χ3n) is 3.76. The molecule has 2 rings (SSSR count). The average Bonchev–Trinajstić information content (AvgIpc) is 2.69. The maximum atomic E-state index is 12.2. The second kappa shape index (κ2) is 10.6. The number of nitrogens with one attached hydrogen (secondary N) is 3. The highest BCUT2D eigenvalue weighted by molar-refractivity contribution is 7.89. The van der Waals surface area contributed by atoms with Crippen LogP contribution in [0.15, 0.2) is 47.4 Å². The van der Waals surface area contributed by atoms with Crippen molar-refractivity contribution in [2.45, 2.75) is 24.8 Å². The summed E-state index contributed by atoms with van der Waals surface area (Å²) in [5, 5.41) is 5.36. The van der Waals surface area contributed by atoms with Crippen molar-refractivity contribution in [2.75, 3.05) is 17.2 Å². The molecule has 0 aliphatic heterocycles. The molecule has 0 spiro atoms. The molecule has 0 bridgehead atoms. The van der Waals surface area contributed by atoms with Crippen LogP contribution in [-0.2, 0) is 29.1 Å². The van der Waals surface area contributed by atoms with Crippen molar-refractivity contribution in [1.29, 1.82) is 0 Å². The largest absolute Gasteiger partial charge is 0.452 e. The van der Waals surface area contributed by atoms with E-state index in [2.05, 4.69) is 15.4 Å². The van der Waals surface area contributed by atoms with Crippen LogP contribution in [-0.4, -0.2) is 38.9 Å². The highest BCUT2D eigenvalue weighted by atomic mass is 35.5. The average molecular weight is 488 g/mol. The summed E-state index contributed by atoms with van der Waals surface area (Å²) in [6.45, 7) is 2.02. The van der Waals surface area contributed by atoms with Crippen molar-refractivity contribution >= 4 is 62.4 Å². The third-order valence-corrected chi connectivity index (χ3v) is 5.90. The molecule has 0 fully saturated rings. The second-order valence-corrected chi connectivity index (χ2v) is 8.86. The Kier molecular flexibility index (Phi) is 8.40. The van der Waals surface area contributed by atoms with Crippen LogP contribution in [0.25, 0.3) is 0 Å². The lowest BCUT2D eigenvalue weighted by atomic mass is 10.2. The molecule has 1 atom stereocenters. The number of amides is 2. The summed E-state index contributed by atoms with van der Waals surface area (Å²) in [5.74, 6) is -1.80. The molecule has 0 heterocycles. The van der Waals surface area contributed by atoms with E-state index in [-0.39, 0.29) is 20.8 Å². The zero-order valence-electron chi connectivity index (χ0n) is 16.4. The minimum atomic E-state index is -4.04. The summed E-state index contributed by atoms with van der Waals surface area (Å²) in [6, 6.07) is 9.98. The van der Waals surface area contributed by atoms with Gasteiger partial charge in [0.1, 0.15) is 6.54 Å². The molecule has 0 saturated heterocycles. The van der Waals surface area contributed by atoms with Gasteiger partial charge < -0.3 is 15.4 Å².